The number of rotatable bonds is 3. The molecular weight excluding hydrogens is 225 g/mol. The lowest BCUT2D eigenvalue weighted by Crippen LogP contribution is -2.03. The Morgan fingerprint density at radius 3 is 2.27 bits per heavy atom. The molecule has 0 saturated heterocycles. The maximum Gasteiger partial charge on any atom is 0.201 e. The Balaban J connectivity index is 3.26. The summed E-state index contributed by atoms with van der Waals surface area (Å²) < 4.78 is 39.7. The monoisotopic (exact) mass is 236 g/mol. The fraction of sp³-hybridized carbons (Fsp3) is 0.400. The first-order valence-corrected chi connectivity index (χ1v) is 5.09. The third-order valence-electron chi connectivity index (χ3n) is 2.20. The summed E-state index contributed by atoms with van der Waals surface area (Å²) >= 11 is 3.90. The van der Waals surface area contributed by atoms with Gasteiger partial charge in [0.05, 0.1) is 0 Å². The quantitative estimate of drug-likeness (QED) is 0.610. The normalized spacial score (nSPS) is 10.7. The molecule has 0 saturated carbocycles. The summed E-state index contributed by atoms with van der Waals surface area (Å²) in [6, 6.07) is 0. The molecule has 5 heteroatoms. The van der Waals surface area contributed by atoms with Gasteiger partial charge in [-0.25, -0.2) is 8.78 Å². The number of aromatic hydroxyl groups is 1. The Labute approximate surface area is 91.3 Å². The summed E-state index contributed by atoms with van der Waals surface area (Å²) in [6.45, 7) is 1.21. The molecule has 0 aliphatic heterocycles. The van der Waals surface area contributed by atoms with Gasteiger partial charge in [0.15, 0.2) is 11.6 Å². The number of thiol groups is 1. The molecule has 1 N–H and O–H groups in total. The van der Waals surface area contributed by atoms with Crippen molar-refractivity contribution in [3.8, 4) is 5.75 Å². The van der Waals surface area contributed by atoms with E-state index in [1.54, 1.807) is 0 Å². The van der Waals surface area contributed by atoms with Gasteiger partial charge in [-0.15, -0.1) is 0 Å². The topological polar surface area (TPSA) is 20.2 Å². The second-order valence-corrected chi connectivity index (χ2v) is 3.67. The number of halogens is 3. The lowest BCUT2D eigenvalue weighted by Gasteiger charge is -2.09. The number of phenolic OH excluding ortho intramolecular Hbond substituents is 1. The van der Waals surface area contributed by atoms with Crippen molar-refractivity contribution >= 4 is 12.6 Å². The van der Waals surface area contributed by atoms with E-state index >= 15 is 0 Å². The van der Waals surface area contributed by atoms with Crippen LogP contribution in [-0.2, 0) is 6.42 Å². The van der Waals surface area contributed by atoms with Crippen LogP contribution in [0.5, 0.6) is 5.75 Å². The maximum atomic E-state index is 13.4. The van der Waals surface area contributed by atoms with Gasteiger partial charge in [0.2, 0.25) is 5.82 Å². The molecule has 0 amide bonds. The molecule has 1 aromatic carbocycles. The molecule has 0 radical (unpaired) electrons. The molecule has 1 nitrogen and oxygen atoms in total. The summed E-state index contributed by atoms with van der Waals surface area (Å²) in [4.78, 5) is 0. The van der Waals surface area contributed by atoms with E-state index in [-0.39, 0.29) is 17.5 Å². The molecule has 84 valence electrons. The fourth-order valence-electron chi connectivity index (χ4n) is 1.30. The summed E-state index contributed by atoms with van der Waals surface area (Å²) in [7, 11) is 0. The molecule has 0 unspecified atom stereocenters. The Morgan fingerprint density at radius 2 is 1.73 bits per heavy atom. The molecule has 0 bridgehead atoms. The fourth-order valence-corrected chi connectivity index (χ4v) is 1.46. The molecule has 0 fully saturated rings. The highest BCUT2D eigenvalue weighted by molar-refractivity contribution is 7.80. The minimum atomic E-state index is -1.39. The van der Waals surface area contributed by atoms with Crippen LogP contribution < -0.4 is 0 Å². The molecule has 0 aliphatic carbocycles. The van der Waals surface area contributed by atoms with Crippen LogP contribution in [0.25, 0.3) is 0 Å². The number of hydrogen-bond acceptors (Lipinski definition) is 2. The Hall–Kier alpha value is -0.840. The first-order valence-electron chi connectivity index (χ1n) is 4.46. The lowest BCUT2D eigenvalue weighted by molar-refractivity contribution is 0.389. The average molecular weight is 236 g/mol. The standard InChI is InChI=1S/C10H11F3OS/c1-5-7(11)6(3-2-4-15)8(12)9(13)10(5)14/h14-15H,2-4H2,1H3. The van der Waals surface area contributed by atoms with Crippen LogP contribution in [0.3, 0.4) is 0 Å². The van der Waals surface area contributed by atoms with E-state index in [0.717, 1.165) is 0 Å². The highest BCUT2D eigenvalue weighted by Gasteiger charge is 2.21. The van der Waals surface area contributed by atoms with Crippen molar-refractivity contribution in [2.24, 2.45) is 0 Å². The summed E-state index contributed by atoms with van der Waals surface area (Å²) in [5.41, 5.74) is -0.583. The van der Waals surface area contributed by atoms with E-state index < -0.39 is 23.2 Å². The van der Waals surface area contributed by atoms with Crippen molar-refractivity contribution in [1.82, 2.24) is 0 Å². The molecule has 0 atom stereocenters. The Morgan fingerprint density at radius 1 is 1.13 bits per heavy atom. The second kappa shape index (κ2) is 4.79. The first kappa shape index (κ1) is 12.2. The van der Waals surface area contributed by atoms with E-state index in [2.05, 4.69) is 12.6 Å². The first-order chi connectivity index (χ1) is 7.00. The smallest absolute Gasteiger partial charge is 0.201 e. The summed E-state index contributed by atoms with van der Waals surface area (Å²) in [5.74, 6) is -4.08. The second-order valence-electron chi connectivity index (χ2n) is 3.22. The van der Waals surface area contributed by atoms with Crippen LogP contribution in [0, 0.1) is 24.4 Å². The van der Waals surface area contributed by atoms with Gasteiger partial charge in [0, 0.05) is 11.1 Å². The highest BCUT2D eigenvalue weighted by atomic mass is 32.1. The zero-order valence-electron chi connectivity index (χ0n) is 8.15. The van der Waals surface area contributed by atoms with Crippen molar-refractivity contribution in [3.63, 3.8) is 0 Å². The van der Waals surface area contributed by atoms with Crippen molar-refractivity contribution in [1.29, 1.82) is 0 Å². The largest absolute Gasteiger partial charge is 0.504 e. The van der Waals surface area contributed by atoms with Gasteiger partial charge in [-0.1, -0.05) is 0 Å². The van der Waals surface area contributed by atoms with Crippen LogP contribution in [0.4, 0.5) is 13.2 Å². The summed E-state index contributed by atoms with van der Waals surface area (Å²) in [5, 5.41) is 9.05. The predicted molar refractivity (Wildman–Crippen MR) is 54.9 cm³/mol. The zero-order valence-corrected chi connectivity index (χ0v) is 9.04. The Bertz CT molecular complexity index is 350. The van der Waals surface area contributed by atoms with Crippen LogP contribution in [0.1, 0.15) is 17.5 Å². The number of hydrogen-bond donors (Lipinski definition) is 2. The third kappa shape index (κ3) is 2.22. The number of benzene rings is 1. The zero-order chi connectivity index (χ0) is 11.6. The van der Waals surface area contributed by atoms with Crippen LogP contribution in [-0.4, -0.2) is 10.9 Å². The van der Waals surface area contributed by atoms with Gasteiger partial charge in [-0.05, 0) is 25.5 Å². The SMILES string of the molecule is Cc1c(O)c(F)c(F)c(CCCS)c1F. The third-order valence-corrected chi connectivity index (χ3v) is 2.52. The van der Waals surface area contributed by atoms with Crippen molar-refractivity contribution in [3.05, 3.63) is 28.6 Å². The molecule has 1 rings (SSSR count). The van der Waals surface area contributed by atoms with Gasteiger partial charge in [-0.2, -0.15) is 17.0 Å². The van der Waals surface area contributed by atoms with Crippen LogP contribution >= 0.6 is 12.6 Å². The molecule has 0 aliphatic rings. The van der Waals surface area contributed by atoms with Gasteiger partial charge in [0.25, 0.3) is 0 Å². The number of phenols is 1. The van der Waals surface area contributed by atoms with E-state index in [9.17, 15) is 13.2 Å². The van der Waals surface area contributed by atoms with Gasteiger partial charge in [-0.3, -0.25) is 0 Å². The van der Waals surface area contributed by atoms with Gasteiger partial charge >= 0.3 is 0 Å². The molecule has 0 spiro atoms. The average Bonchev–Trinajstić information content (AvgIpc) is 2.24. The maximum absolute atomic E-state index is 13.4. The Kier molecular flexibility index (Phi) is 3.90. The predicted octanol–water partition coefficient (Wildman–Crippen LogP) is 2.98. The van der Waals surface area contributed by atoms with E-state index in [1.165, 1.54) is 6.92 Å². The molecule has 0 heterocycles. The minimum Gasteiger partial charge on any atom is -0.504 e. The molecule has 1 aromatic rings. The van der Waals surface area contributed by atoms with E-state index in [0.29, 0.717) is 12.2 Å². The van der Waals surface area contributed by atoms with Crippen molar-refractivity contribution in [2.75, 3.05) is 5.75 Å². The lowest BCUT2D eigenvalue weighted by atomic mass is 10.0. The highest BCUT2D eigenvalue weighted by Crippen LogP contribution is 2.30. The minimum absolute atomic E-state index is 0.0687. The van der Waals surface area contributed by atoms with E-state index in [4.69, 9.17) is 5.11 Å². The molecule has 0 aromatic heterocycles. The van der Waals surface area contributed by atoms with Crippen LogP contribution in [0.2, 0.25) is 0 Å². The summed E-state index contributed by atoms with van der Waals surface area (Å²) in [6.07, 6.45) is 0.514. The van der Waals surface area contributed by atoms with E-state index in [1.807, 2.05) is 0 Å². The van der Waals surface area contributed by atoms with Gasteiger partial charge in [0.1, 0.15) is 5.82 Å². The molecule has 15 heavy (non-hydrogen) atoms. The van der Waals surface area contributed by atoms with Crippen LogP contribution in [0.15, 0.2) is 0 Å². The van der Waals surface area contributed by atoms with Crippen molar-refractivity contribution in [2.45, 2.75) is 19.8 Å². The molecular formula is C10H11F3OS. The van der Waals surface area contributed by atoms with Crippen molar-refractivity contribution < 1.29 is 18.3 Å². The van der Waals surface area contributed by atoms with Gasteiger partial charge < -0.3 is 5.11 Å².